The van der Waals surface area contributed by atoms with Crippen LogP contribution in [-0.2, 0) is 18.9 Å². The van der Waals surface area contributed by atoms with Crippen LogP contribution in [0.4, 0.5) is 28.8 Å². The fourth-order valence-electron chi connectivity index (χ4n) is 7.55. The molecule has 4 aromatic rings. The minimum absolute atomic E-state index is 0.000448. The number of rotatable bonds is 15. The molecule has 3 aliphatic rings. The van der Waals surface area contributed by atoms with Crippen molar-refractivity contribution in [3.05, 3.63) is 83.0 Å². The maximum absolute atomic E-state index is 13.4. The zero-order valence-corrected chi connectivity index (χ0v) is 35.9. The Morgan fingerprint density at radius 1 is 0.967 bits per heavy atom. The number of carbonyl (C=O) groups excluding carboxylic acids is 5. The number of methoxy groups -OCH3 is 1. The quantitative estimate of drug-likeness (QED) is 0.0450. The van der Waals surface area contributed by atoms with Crippen LogP contribution in [0.25, 0.3) is 0 Å². The van der Waals surface area contributed by atoms with Gasteiger partial charge in [-0.05, 0) is 87.6 Å². The molecular formula is C42H46ClN8O7PS. The molecule has 0 saturated carbocycles. The number of imide groups is 2. The summed E-state index contributed by atoms with van der Waals surface area (Å²) in [6, 6.07) is 17.4. The minimum atomic E-state index is -2.57. The summed E-state index contributed by atoms with van der Waals surface area (Å²) in [5, 5.41) is 12.9. The van der Waals surface area contributed by atoms with E-state index >= 15 is 0 Å². The number of para-hydroxylation sites is 1. The Labute approximate surface area is 357 Å². The number of unbranched alkanes of at least 4 members (excludes halogenated alkanes) is 1. The zero-order chi connectivity index (χ0) is 42.6. The lowest BCUT2D eigenvalue weighted by molar-refractivity contribution is -0.136. The first-order valence-corrected chi connectivity index (χ1v) is 23.7. The first kappa shape index (κ1) is 42.7. The van der Waals surface area contributed by atoms with E-state index in [9.17, 15) is 28.5 Å². The number of fused-ring (bicyclic) bond motifs is 1. The molecule has 0 aliphatic carbocycles. The van der Waals surface area contributed by atoms with Gasteiger partial charge in [0.15, 0.2) is 5.82 Å². The number of nitrogens with zero attached hydrogens (tertiary/aromatic N) is 4. The normalized spacial score (nSPS) is 17.0. The van der Waals surface area contributed by atoms with E-state index in [1.807, 2.05) is 42.5 Å². The van der Waals surface area contributed by atoms with Gasteiger partial charge in [0.25, 0.3) is 11.8 Å². The fourth-order valence-corrected chi connectivity index (χ4v) is 9.93. The van der Waals surface area contributed by atoms with Crippen LogP contribution in [0.1, 0.15) is 65.7 Å². The highest BCUT2D eigenvalue weighted by atomic mass is 35.5. The monoisotopic (exact) mass is 872 g/mol. The number of piperidine rings is 2. The molecule has 1 unspecified atom stereocenters. The lowest BCUT2D eigenvalue weighted by Crippen LogP contribution is -2.54. The Bertz CT molecular complexity index is 2390. The smallest absolute Gasteiger partial charge is 0.263 e. The fraction of sp³-hybridized carbons (Fsp3) is 0.357. The molecule has 0 radical (unpaired) electrons. The molecule has 2 saturated heterocycles. The summed E-state index contributed by atoms with van der Waals surface area (Å²) in [5.41, 5.74) is 2.85. The van der Waals surface area contributed by atoms with Crippen LogP contribution >= 0.6 is 30.5 Å². The lowest BCUT2D eigenvalue weighted by Gasteiger charge is -2.34. The molecule has 2 fully saturated rings. The molecule has 7 rings (SSSR count). The number of thioether (sulfide) groups is 1. The van der Waals surface area contributed by atoms with Crippen LogP contribution < -0.4 is 36.2 Å². The number of hydrogen-bond donors (Lipinski definition) is 4. The number of anilines is 5. The molecular weight excluding hydrogens is 827 g/mol. The Balaban J connectivity index is 0.860. The average molecular weight is 873 g/mol. The number of benzene rings is 3. The molecule has 3 aromatic carbocycles. The molecule has 18 heteroatoms. The summed E-state index contributed by atoms with van der Waals surface area (Å²) in [6.45, 7) is 4.93. The van der Waals surface area contributed by atoms with Crippen molar-refractivity contribution in [2.75, 3.05) is 54.8 Å². The van der Waals surface area contributed by atoms with Crippen molar-refractivity contribution in [2.24, 2.45) is 0 Å². The molecule has 1 aromatic heterocycles. The van der Waals surface area contributed by atoms with Crippen LogP contribution in [0.5, 0.6) is 5.75 Å². The second-order valence-corrected chi connectivity index (χ2v) is 19.9. The highest BCUT2D eigenvalue weighted by Gasteiger charge is 2.45. The summed E-state index contributed by atoms with van der Waals surface area (Å²) in [6.07, 6.45) is 5.00. The van der Waals surface area contributed by atoms with Gasteiger partial charge in [0.05, 0.1) is 35.8 Å². The van der Waals surface area contributed by atoms with Crippen LogP contribution in [0.3, 0.4) is 0 Å². The molecule has 4 heterocycles. The van der Waals surface area contributed by atoms with E-state index < -0.39 is 36.8 Å². The van der Waals surface area contributed by atoms with E-state index in [2.05, 4.69) is 36.1 Å². The van der Waals surface area contributed by atoms with E-state index in [4.69, 9.17) is 16.3 Å². The van der Waals surface area contributed by atoms with Gasteiger partial charge in [-0.3, -0.25) is 34.2 Å². The van der Waals surface area contributed by atoms with E-state index in [0.717, 1.165) is 42.9 Å². The number of carbonyl (C=O) groups is 5. The second kappa shape index (κ2) is 18.4. The van der Waals surface area contributed by atoms with Gasteiger partial charge in [0.2, 0.25) is 23.7 Å². The Hall–Kier alpha value is -5.44. The average Bonchev–Trinajstić information content (AvgIpc) is 3.48. The van der Waals surface area contributed by atoms with Gasteiger partial charge in [-0.25, -0.2) is 4.98 Å². The number of amides is 5. The molecule has 5 amide bonds. The summed E-state index contributed by atoms with van der Waals surface area (Å²) < 4.78 is 18.6. The number of halogens is 1. The third kappa shape index (κ3) is 9.61. The summed E-state index contributed by atoms with van der Waals surface area (Å²) in [7, 11) is -0.972. The van der Waals surface area contributed by atoms with Crippen molar-refractivity contribution in [1.82, 2.24) is 25.5 Å². The van der Waals surface area contributed by atoms with Crippen molar-refractivity contribution >= 4 is 94.2 Å². The molecule has 0 spiro atoms. The molecule has 4 N–H and O–H groups in total. The van der Waals surface area contributed by atoms with Gasteiger partial charge in [0.1, 0.15) is 24.0 Å². The zero-order valence-electron chi connectivity index (χ0n) is 33.5. The Kier molecular flexibility index (Phi) is 13.1. The van der Waals surface area contributed by atoms with Crippen LogP contribution in [-0.4, -0.2) is 95.8 Å². The molecule has 1 atom stereocenters. The van der Waals surface area contributed by atoms with Crippen LogP contribution in [0.15, 0.2) is 71.8 Å². The predicted octanol–water partition coefficient (Wildman–Crippen LogP) is 6.32. The molecule has 0 bridgehead atoms. The van der Waals surface area contributed by atoms with Gasteiger partial charge in [-0.15, -0.1) is 11.8 Å². The minimum Gasteiger partial charge on any atom is -0.494 e. The van der Waals surface area contributed by atoms with Crippen LogP contribution in [0.2, 0.25) is 5.02 Å². The molecule has 3 aliphatic heterocycles. The number of ether oxygens (including phenoxy) is 1. The molecule has 60 heavy (non-hydrogen) atoms. The molecule has 314 valence electrons. The van der Waals surface area contributed by atoms with E-state index in [-0.39, 0.29) is 35.9 Å². The first-order chi connectivity index (χ1) is 28.8. The van der Waals surface area contributed by atoms with E-state index in [1.54, 1.807) is 38.6 Å². The lowest BCUT2D eigenvalue weighted by atomic mass is 10.0. The second-order valence-electron chi connectivity index (χ2n) is 15.2. The van der Waals surface area contributed by atoms with Gasteiger partial charge < -0.3 is 30.2 Å². The standard InChI is InChI=1S/C42H46ClN8O7PS/c1-58-32-23-26(14-15-29(32)47-42-44-24-28(43)38(49-42)46-30-10-4-5-11-33(30)59(2,3)57)50-20-18-25(19-21-50)45-35(52)13-6-7-22-60-34-12-8-9-27-37(34)41(56)51(40(27)55)31-16-17-36(53)48-39(31)54/h4-5,8-12,14-15,23-25,31H,6-7,13,16-22H2,1-3H3,(H,45,52)(H,48,53,54)(H2,44,46,47,49). The SMILES string of the molecule is COc1cc(N2CCC(NC(=O)CCCCSc3cccc4c3C(=O)N(C3CCC(=O)NC3=O)C4=O)CC2)ccc1Nc1ncc(Cl)c(Nc2ccccc2P(C)(C)=O)n1. The van der Waals surface area contributed by atoms with Gasteiger partial charge in [-0.1, -0.05) is 29.8 Å². The topological polar surface area (TPSA) is 192 Å². The third-order valence-corrected chi connectivity index (χ3v) is 13.6. The van der Waals surface area contributed by atoms with Gasteiger partial charge in [-0.2, -0.15) is 4.98 Å². The van der Waals surface area contributed by atoms with Gasteiger partial charge in [0, 0.05) is 53.9 Å². The van der Waals surface area contributed by atoms with Crippen molar-refractivity contribution in [3.8, 4) is 5.75 Å². The maximum atomic E-state index is 13.4. The largest absolute Gasteiger partial charge is 0.494 e. The summed E-state index contributed by atoms with van der Waals surface area (Å²) >= 11 is 7.90. The van der Waals surface area contributed by atoms with Gasteiger partial charge >= 0.3 is 0 Å². The highest BCUT2D eigenvalue weighted by Crippen LogP contribution is 2.39. The number of aromatic nitrogens is 2. The maximum Gasteiger partial charge on any atom is 0.263 e. The number of nitrogens with one attached hydrogen (secondary N) is 4. The Morgan fingerprint density at radius 3 is 2.50 bits per heavy atom. The van der Waals surface area contributed by atoms with Crippen molar-refractivity contribution < 1.29 is 33.3 Å². The van der Waals surface area contributed by atoms with Crippen molar-refractivity contribution in [2.45, 2.75) is 61.9 Å². The predicted molar refractivity (Wildman–Crippen MR) is 233 cm³/mol. The highest BCUT2D eigenvalue weighted by molar-refractivity contribution is 7.99. The molecule has 15 nitrogen and oxygen atoms in total. The van der Waals surface area contributed by atoms with E-state index in [1.165, 1.54) is 18.0 Å². The van der Waals surface area contributed by atoms with Crippen molar-refractivity contribution in [1.29, 1.82) is 0 Å². The van der Waals surface area contributed by atoms with E-state index in [0.29, 0.717) is 62.7 Å². The van der Waals surface area contributed by atoms with Crippen LogP contribution in [0, 0.1) is 0 Å². The first-order valence-electron chi connectivity index (χ1n) is 19.7. The third-order valence-electron chi connectivity index (χ3n) is 10.6. The Morgan fingerprint density at radius 2 is 1.75 bits per heavy atom. The summed E-state index contributed by atoms with van der Waals surface area (Å²) in [5.74, 6) is -0.199. The summed E-state index contributed by atoms with van der Waals surface area (Å²) in [4.78, 5) is 76.3. The number of hydrogen-bond acceptors (Lipinski definition) is 13. The van der Waals surface area contributed by atoms with Crippen molar-refractivity contribution in [3.63, 3.8) is 0 Å².